The van der Waals surface area contributed by atoms with Gasteiger partial charge in [0.05, 0.1) is 12.7 Å². The van der Waals surface area contributed by atoms with Gasteiger partial charge >= 0.3 is 0 Å². The van der Waals surface area contributed by atoms with Crippen molar-refractivity contribution in [3.63, 3.8) is 0 Å². The Hall–Kier alpha value is -1.29. The number of carbonyl (C=O) groups excluding carboxylic acids is 1. The largest absolute Gasteiger partial charge is 0.497 e. The van der Waals surface area contributed by atoms with Crippen LogP contribution in [0.3, 0.4) is 0 Å². The molecule has 0 aliphatic rings. The number of methoxy groups -OCH3 is 1. The van der Waals surface area contributed by atoms with Gasteiger partial charge in [0.25, 0.3) is 5.91 Å². The Morgan fingerprint density at radius 2 is 2.24 bits per heavy atom. The molecule has 0 bridgehead atoms. The fourth-order valence-corrected chi connectivity index (χ4v) is 1.67. The summed E-state index contributed by atoms with van der Waals surface area (Å²) in [5.74, 6) is -0.603. The van der Waals surface area contributed by atoms with Gasteiger partial charge in [-0.25, -0.2) is 4.39 Å². The van der Waals surface area contributed by atoms with Crippen molar-refractivity contribution < 1.29 is 13.9 Å². The third-order valence-corrected chi connectivity index (χ3v) is 2.42. The molecule has 0 radical (unpaired) electrons. The molecule has 1 aromatic carbocycles. The van der Waals surface area contributed by atoms with Crippen molar-refractivity contribution in [2.45, 2.75) is 12.3 Å². The normalized spacial score (nSPS) is 12.1. The second kappa shape index (κ2) is 5.87. The maximum atomic E-state index is 13.6. The van der Waals surface area contributed by atoms with Gasteiger partial charge in [0.2, 0.25) is 0 Å². The molecule has 1 rings (SSSR count). The number of alkyl halides is 1. The summed E-state index contributed by atoms with van der Waals surface area (Å²) in [6.07, 6.45) is 0. The van der Waals surface area contributed by atoms with Crippen LogP contribution in [-0.2, 0) is 0 Å². The third kappa shape index (κ3) is 3.60. The summed E-state index contributed by atoms with van der Waals surface area (Å²) in [5, 5.41) is -0.176. The predicted molar refractivity (Wildman–Crippen MR) is 65.2 cm³/mol. The maximum Gasteiger partial charge on any atom is 0.256 e. The molecule has 0 spiro atoms. The van der Waals surface area contributed by atoms with Gasteiger partial charge < -0.3 is 9.64 Å². The Balaban J connectivity index is 2.89. The van der Waals surface area contributed by atoms with Gasteiger partial charge in [0, 0.05) is 25.0 Å². The fraction of sp³-hybridized carbons (Fsp3) is 0.417. The summed E-state index contributed by atoms with van der Waals surface area (Å²) >= 11 is 5.78. The summed E-state index contributed by atoms with van der Waals surface area (Å²) in [6.45, 7) is 2.14. The van der Waals surface area contributed by atoms with Crippen LogP contribution in [-0.4, -0.2) is 36.9 Å². The lowest BCUT2D eigenvalue weighted by molar-refractivity contribution is 0.0791. The molecule has 0 N–H and O–H groups in total. The van der Waals surface area contributed by atoms with E-state index in [1.807, 2.05) is 0 Å². The molecule has 1 amide bonds. The average molecular weight is 260 g/mol. The summed E-state index contributed by atoms with van der Waals surface area (Å²) in [7, 11) is 3.03. The summed E-state index contributed by atoms with van der Waals surface area (Å²) in [6, 6.07) is 4.14. The van der Waals surface area contributed by atoms with E-state index < -0.39 is 11.7 Å². The first-order valence-electron chi connectivity index (χ1n) is 5.18. The molecule has 3 nitrogen and oxygen atoms in total. The van der Waals surface area contributed by atoms with Crippen LogP contribution in [0.4, 0.5) is 4.39 Å². The first-order valence-corrected chi connectivity index (χ1v) is 5.62. The Kier molecular flexibility index (Phi) is 4.75. The second-order valence-corrected chi connectivity index (χ2v) is 4.56. The lowest BCUT2D eigenvalue weighted by atomic mass is 10.1. The van der Waals surface area contributed by atoms with Gasteiger partial charge in [0.1, 0.15) is 11.6 Å². The van der Waals surface area contributed by atoms with Crippen LogP contribution in [0.25, 0.3) is 0 Å². The highest BCUT2D eigenvalue weighted by molar-refractivity contribution is 6.20. The standard InChI is InChI=1S/C12H15ClFNO2/c1-8(13)7-15(2)12(16)10-5-4-9(17-3)6-11(10)14/h4-6,8H,7H2,1-3H3. The number of hydrogen-bond donors (Lipinski definition) is 0. The van der Waals surface area contributed by atoms with Crippen LogP contribution in [0, 0.1) is 5.82 Å². The molecule has 5 heteroatoms. The summed E-state index contributed by atoms with van der Waals surface area (Å²) in [5.41, 5.74) is 0.0191. The van der Waals surface area contributed by atoms with Crippen LogP contribution in [0.15, 0.2) is 18.2 Å². The Bertz CT molecular complexity index is 409. The lowest BCUT2D eigenvalue weighted by Crippen LogP contribution is -2.31. The van der Waals surface area contributed by atoms with Crippen LogP contribution < -0.4 is 4.74 Å². The van der Waals surface area contributed by atoms with Crippen molar-refractivity contribution >= 4 is 17.5 Å². The number of hydrogen-bond acceptors (Lipinski definition) is 2. The molecule has 1 atom stereocenters. The molecule has 17 heavy (non-hydrogen) atoms. The smallest absolute Gasteiger partial charge is 0.256 e. The van der Waals surface area contributed by atoms with Gasteiger partial charge in [-0.1, -0.05) is 0 Å². The van der Waals surface area contributed by atoms with E-state index in [4.69, 9.17) is 16.3 Å². The summed E-state index contributed by atoms with van der Waals surface area (Å²) in [4.78, 5) is 13.3. The quantitative estimate of drug-likeness (QED) is 0.778. The Labute approximate surface area is 105 Å². The number of benzene rings is 1. The monoisotopic (exact) mass is 259 g/mol. The molecule has 0 aromatic heterocycles. The van der Waals surface area contributed by atoms with Crippen molar-refractivity contribution in [2.75, 3.05) is 20.7 Å². The van der Waals surface area contributed by atoms with E-state index in [1.54, 1.807) is 20.0 Å². The van der Waals surface area contributed by atoms with Crippen molar-refractivity contribution in [2.24, 2.45) is 0 Å². The van der Waals surface area contributed by atoms with Gasteiger partial charge in [-0.15, -0.1) is 11.6 Å². The second-order valence-electron chi connectivity index (χ2n) is 3.81. The molecule has 1 unspecified atom stereocenters. The molecular weight excluding hydrogens is 245 g/mol. The Morgan fingerprint density at radius 1 is 1.59 bits per heavy atom. The molecule has 0 heterocycles. The van der Waals surface area contributed by atoms with E-state index in [1.165, 1.54) is 24.1 Å². The number of amides is 1. The van der Waals surface area contributed by atoms with E-state index in [0.29, 0.717) is 12.3 Å². The highest BCUT2D eigenvalue weighted by Gasteiger charge is 2.17. The van der Waals surface area contributed by atoms with Crippen molar-refractivity contribution in [3.05, 3.63) is 29.6 Å². The van der Waals surface area contributed by atoms with Gasteiger partial charge in [0.15, 0.2) is 0 Å². The van der Waals surface area contributed by atoms with Crippen LogP contribution in [0.1, 0.15) is 17.3 Å². The van der Waals surface area contributed by atoms with Crippen LogP contribution in [0.5, 0.6) is 5.75 Å². The van der Waals surface area contributed by atoms with E-state index in [9.17, 15) is 9.18 Å². The van der Waals surface area contributed by atoms with Gasteiger partial charge in [-0.2, -0.15) is 0 Å². The molecule has 0 fully saturated rings. The third-order valence-electron chi connectivity index (χ3n) is 2.28. The zero-order valence-electron chi connectivity index (χ0n) is 10.0. The first-order chi connectivity index (χ1) is 7.95. The highest BCUT2D eigenvalue weighted by Crippen LogP contribution is 2.17. The number of ether oxygens (including phenoxy) is 1. The molecular formula is C12H15ClFNO2. The number of rotatable bonds is 4. The highest BCUT2D eigenvalue weighted by atomic mass is 35.5. The molecule has 0 aliphatic carbocycles. The SMILES string of the molecule is COc1ccc(C(=O)N(C)CC(C)Cl)c(F)c1. The minimum Gasteiger partial charge on any atom is -0.497 e. The van der Waals surface area contributed by atoms with Crippen molar-refractivity contribution in [3.8, 4) is 5.75 Å². The molecule has 1 aromatic rings. The maximum absolute atomic E-state index is 13.6. The molecule has 0 saturated carbocycles. The Morgan fingerprint density at radius 3 is 2.71 bits per heavy atom. The zero-order chi connectivity index (χ0) is 13.0. The van der Waals surface area contributed by atoms with E-state index in [0.717, 1.165) is 0 Å². The minimum absolute atomic E-state index is 0.0191. The summed E-state index contributed by atoms with van der Waals surface area (Å²) < 4.78 is 18.5. The fourth-order valence-electron chi connectivity index (χ4n) is 1.46. The average Bonchev–Trinajstić information content (AvgIpc) is 2.27. The number of nitrogens with zero attached hydrogens (tertiary/aromatic N) is 1. The van der Waals surface area contributed by atoms with Crippen molar-refractivity contribution in [1.29, 1.82) is 0 Å². The predicted octanol–water partition coefficient (Wildman–Crippen LogP) is 2.53. The van der Waals surface area contributed by atoms with Crippen LogP contribution >= 0.6 is 11.6 Å². The van der Waals surface area contributed by atoms with Crippen LogP contribution in [0.2, 0.25) is 0 Å². The van der Waals surface area contributed by atoms with E-state index in [-0.39, 0.29) is 10.9 Å². The topological polar surface area (TPSA) is 29.5 Å². The molecule has 0 saturated heterocycles. The molecule has 94 valence electrons. The van der Waals surface area contributed by atoms with Gasteiger partial charge in [-0.05, 0) is 19.1 Å². The number of carbonyl (C=O) groups is 1. The molecule has 0 aliphatic heterocycles. The van der Waals surface area contributed by atoms with E-state index in [2.05, 4.69) is 0 Å². The zero-order valence-corrected chi connectivity index (χ0v) is 10.8. The lowest BCUT2D eigenvalue weighted by Gasteiger charge is -2.18. The first kappa shape index (κ1) is 13.8. The minimum atomic E-state index is -0.594. The van der Waals surface area contributed by atoms with Gasteiger partial charge in [-0.3, -0.25) is 4.79 Å². The van der Waals surface area contributed by atoms with Crippen molar-refractivity contribution in [1.82, 2.24) is 4.90 Å². The number of halogens is 2. The van der Waals surface area contributed by atoms with E-state index >= 15 is 0 Å².